The van der Waals surface area contributed by atoms with Gasteiger partial charge < -0.3 is 10.2 Å². The highest BCUT2D eigenvalue weighted by Gasteiger charge is 2.47. The molecule has 1 fully saturated rings. The fourth-order valence-electron chi connectivity index (χ4n) is 1.36. The van der Waals surface area contributed by atoms with Crippen LogP contribution >= 0.6 is 0 Å². The molecule has 0 amide bonds. The van der Waals surface area contributed by atoms with Gasteiger partial charge in [0.25, 0.3) is 0 Å². The van der Waals surface area contributed by atoms with Gasteiger partial charge in [-0.1, -0.05) is 0 Å². The maximum absolute atomic E-state index is 5.66. The number of aryl methyl sites for hydroxylation is 2. The molecule has 1 aromatic heterocycles. The van der Waals surface area contributed by atoms with Crippen LogP contribution < -0.4 is 5.73 Å². The summed E-state index contributed by atoms with van der Waals surface area (Å²) in [4.78, 5) is 4.37. The summed E-state index contributed by atoms with van der Waals surface area (Å²) in [5.74, 6) is 1.77. The molecule has 0 aliphatic heterocycles. The van der Waals surface area contributed by atoms with Gasteiger partial charge in [0.15, 0.2) is 0 Å². The third-order valence-corrected chi connectivity index (χ3v) is 2.73. The van der Waals surface area contributed by atoms with Gasteiger partial charge in [-0.2, -0.15) is 0 Å². The van der Waals surface area contributed by atoms with Crippen LogP contribution in [0.3, 0.4) is 0 Å². The molecule has 12 heavy (non-hydrogen) atoms. The first-order valence-corrected chi connectivity index (χ1v) is 4.32. The zero-order chi connectivity index (χ0) is 8.77. The molecule has 0 saturated heterocycles. The summed E-state index contributed by atoms with van der Waals surface area (Å²) in [5.41, 5.74) is 6.75. The van der Waals surface area contributed by atoms with Gasteiger partial charge in [0.2, 0.25) is 5.89 Å². The van der Waals surface area contributed by atoms with Crippen LogP contribution in [0.2, 0.25) is 0 Å². The van der Waals surface area contributed by atoms with E-state index in [2.05, 4.69) is 4.98 Å². The summed E-state index contributed by atoms with van der Waals surface area (Å²) < 4.78 is 5.54. The molecule has 1 saturated carbocycles. The lowest BCUT2D eigenvalue weighted by Gasteiger charge is -2.04. The first-order valence-electron chi connectivity index (χ1n) is 4.32. The van der Waals surface area contributed by atoms with Crippen molar-refractivity contribution in [2.45, 2.75) is 32.1 Å². The van der Waals surface area contributed by atoms with Crippen LogP contribution in [-0.4, -0.2) is 11.5 Å². The minimum Gasteiger partial charge on any atom is -0.445 e. The van der Waals surface area contributed by atoms with Crippen molar-refractivity contribution in [2.75, 3.05) is 6.54 Å². The second-order valence-electron chi connectivity index (χ2n) is 3.65. The fourth-order valence-corrected chi connectivity index (χ4v) is 1.36. The molecule has 0 radical (unpaired) electrons. The van der Waals surface area contributed by atoms with Gasteiger partial charge in [-0.15, -0.1) is 0 Å². The Balaban J connectivity index is 2.34. The summed E-state index contributed by atoms with van der Waals surface area (Å²) in [6.45, 7) is 4.57. The maximum atomic E-state index is 5.66. The molecular weight excluding hydrogens is 152 g/mol. The molecule has 1 aromatic rings. The molecule has 66 valence electrons. The summed E-state index contributed by atoms with van der Waals surface area (Å²) in [5, 5.41) is 0. The second kappa shape index (κ2) is 2.33. The monoisotopic (exact) mass is 166 g/mol. The maximum Gasteiger partial charge on any atom is 0.202 e. The van der Waals surface area contributed by atoms with Crippen molar-refractivity contribution >= 4 is 0 Å². The van der Waals surface area contributed by atoms with Crippen LogP contribution in [0.1, 0.15) is 30.2 Å². The van der Waals surface area contributed by atoms with Gasteiger partial charge in [-0.25, -0.2) is 4.98 Å². The number of hydrogen-bond acceptors (Lipinski definition) is 3. The van der Waals surface area contributed by atoms with Crippen molar-refractivity contribution in [3.8, 4) is 0 Å². The highest BCUT2D eigenvalue weighted by atomic mass is 16.4. The van der Waals surface area contributed by atoms with Crippen molar-refractivity contribution < 1.29 is 4.42 Å². The highest BCUT2D eigenvalue weighted by Crippen LogP contribution is 2.46. The standard InChI is InChI=1S/C9H14N2O/c1-6-7(2)12-8(11-6)9(5-10)3-4-9/h3-5,10H2,1-2H3. The van der Waals surface area contributed by atoms with E-state index in [1.807, 2.05) is 13.8 Å². The lowest BCUT2D eigenvalue weighted by molar-refractivity contribution is 0.421. The van der Waals surface area contributed by atoms with E-state index < -0.39 is 0 Å². The lowest BCUT2D eigenvalue weighted by Crippen LogP contribution is -2.19. The van der Waals surface area contributed by atoms with Crippen LogP contribution in [0.4, 0.5) is 0 Å². The van der Waals surface area contributed by atoms with E-state index in [4.69, 9.17) is 10.2 Å². The van der Waals surface area contributed by atoms with E-state index >= 15 is 0 Å². The molecule has 0 spiro atoms. The van der Waals surface area contributed by atoms with Crippen LogP contribution in [0, 0.1) is 13.8 Å². The first kappa shape index (κ1) is 7.80. The third kappa shape index (κ3) is 0.966. The SMILES string of the molecule is Cc1nc(C2(CN)CC2)oc1C. The van der Waals surface area contributed by atoms with Gasteiger partial charge in [-0.05, 0) is 26.7 Å². The molecule has 0 atom stereocenters. The van der Waals surface area contributed by atoms with E-state index in [0.29, 0.717) is 6.54 Å². The normalized spacial score (nSPS) is 19.6. The van der Waals surface area contributed by atoms with Crippen molar-refractivity contribution in [3.63, 3.8) is 0 Å². The average molecular weight is 166 g/mol. The van der Waals surface area contributed by atoms with Crippen molar-refractivity contribution in [1.29, 1.82) is 0 Å². The predicted molar refractivity (Wildman–Crippen MR) is 45.9 cm³/mol. The number of aromatic nitrogens is 1. The van der Waals surface area contributed by atoms with Gasteiger partial charge in [0.05, 0.1) is 11.1 Å². The minimum absolute atomic E-state index is 0.0962. The molecule has 0 aromatic carbocycles. The first-order chi connectivity index (χ1) is 5.68. The van der Waals surface area contributed by atoms with E-state index in [1.54, 1.807) is 0 Å². The van der Waals surface area contributed by atoms with Gasteiger partial charge in [-0.3, -0.25) is 0 Å². The topological polar surface area (TPSA) is 52.0 Å². The van der Waals surface area contributed by atoms with E-state index in [9.17, 15) is 0 Å². The van der Waals surface area contributed by atoms with Gasteiger partial charge in [0.1, 0.15) is 5.76 Å². The summed E-state index contributed by atoms with van der Waals surface area (Å²) in [6, 6.07) is 0. The number of oxazole rings is 1. The Kier molecular flexibility index (Phi) is 1.51. The summed E-state index contributed by atoms with van der Waals surface area (Å²) >= 11 is 0. The van der Waals surface area contributed by atoms with Gasteiger partial charge >= 0.3 is 0 Å². The molecule has 2 N–H and O–H groups in total. The quantitative estimate of drug-likeness (QED) is 0.720. The Bertz CT molecular complexity index is 280. The van der Waals surface area contributed by atoms with Crippen LogP contribution in [0.25, 0.3) is 0 Å². The molecule has 3 heteroatoms. The Morgan fingerprint density at radius 1 is 1.50 bits per heavy atom. The van der Waals surface area contributed by atoms with Crippen LogP contribution in [0.5, 0.6) is 0 Å². The molecule has 1 aliphatic carbocycles. The average Bonchev–Trinajstić information content (AvgIpc) is 2.77. The van der Waals surface area contributed by atoms with Crippen LogP contribution in [0.15, 0.2) is 4.42 Å². The van der Waals surface area contributed by atoms with E-state index in [1.165, 1.54) is 0 Å². The fraction of sp³-hybridized carbons (Fsp3) is 0.667. The molecule has 0 bridgehead atoms. The predicted octanol–water partition coefficient (Wildman–Crippen LogP) is 1.28. The van der Waals surface area contributed by atoms with Crippen molar-refractivity contribution in [2.24, 2.45) is 5.73 Å². The lowest BCUT2D eigenvalue weighted by atomic mass is 10.1. The molecule has 2 rings (SSSR count). The zero-order valence-electron chi connectivity index (χ0n) is 7.55. The molecule has 3 nitrogen and oxygen atoms in total. The highest BCUT2D eigenvalue weighted by molar-refractivity contribution is 5.20. The second-order valence-corrected chi connectivity index (χ2v) is 3.65. The Morgan fingerprint density at radius 3 is 2.50 bits per heavy atom. The Morgan fingerprint density at radius 2 is 2.17 bits per heavy atom. The van der Waals surface area contributed by atoms with Crippen molar-refractivity contribution in [3.05, 3.63) is 17.3 Å². The molecular formula is C9H14N2O. The summed E-state index contributed by atoms with van der Waals surface area (Å²) in [6.07, 6.45) is 2.26. The van der Waals surface area contributed by atoms with E-state index in [0.717, 1.165) is 30.2 Å². The molecule has 1 heterocycles. The van der Waals surface area contributed by atoms with Crippen LogP contribution in [-0.2, 0) is 5.41 Å². The third-order valence-electron chi connectivity index (χ3n) is 2.73. The van der Waals surface area contributed by atoms with Gasteiger partial charge in [0, 0.05) is 6.54 Å². The number of hydrogen-bond donors (Lipinski definition) is 1. The largest absolute Gasteiger partial charge is 0.445 e. The Labute approximate surface area is 72.0 Å². The van der Waals surface area contributed by atoms with E-state index in [-0.39, 0.29) is 5.41 Å². The Hall–Kier alpha value is -0.830. The number of nitrogens with zero attached hydrogens (tertiary/aromatic N) is 1. The molecule has 0 unspecified atom stereocenters. The smallest absolute Gasteiger partial charge is 0.202 e. The minimum atomic E-state index is 0.0962. The zero-order valence-corrected chi connectivity index (χ0v) is 7.55. The summed E-state index contributed by atoms with van der Waals surface area (Å²) in [7, 11) is 0. The van der Waals surface area contributed by atoms with Crippen molar-refractivity contribution in [1.82, 2.24) is 4.98 Å². The number of rotatable bonds is 2. The molecule has 1 aliphatic rings. The number of nitrogens with two attached hydrogens (primary N) is 1.